The first-order chi connectivity index (χ1) is 20.2. The highest BCUT2D eigenvalue weighted by Gasteiger charge is 2.76. The number of halogens is 1. The average molecular weight is 663 g/mol. The number of carbonyl (C=O) groups is 3. The number of fused-ring (bicyclic) bond motifs is 1. The third-order valence-corrected chi connectivity index (χ3v) is 12.0. The fourth-order valence-corrected chi connectivity index (χ4v) is 10.5. The van der Waals surface area contributed by atoms with E-state index < -0.39 is 28.7 Å². The molecule has 0 saturated carbocycles. The first-order valence-electron chi connectivity index (χ1n) is 15.0. The number of carbonyl (C=O) groups excluding carboxylic acids is 3. The number of anilines is 1. The van der Waals surface area contributed by atoms with Gasteiger partial charge in [-0.1, -0.05) is 48.4 Å². The Labute approximate surface area is 262 Å². The van der Waals surface area contributed by atoms with Crippen LogP contribution in [0.3, 0.4) is 0 Å². The first-order valence-corrected chi connectivity index (χ1v) is 16.8. The van der Waals surface area contributed by atoms with Crippen molar-refractivity contribution in [2.45, 2.75) is 73.4 Å². The van der Waals surface area contributed by atoms with Crippen LogP contribution in [0.15, 0.2) is 49.6 Å². The Morgan fingerprint density at radius 3 is 2.45 bits per heavy atom. The summed E-state index contributed by atoms with van der Waals surface area (Å²) < 4.78 is 4.81. The Balaban J connectivity index is 1.77. The molecule has 1 aromatic carbocycles. The second-order valence-corrected chi connectivity index (χ2v) is 14.0. The molecule has 3 heterocycles. The molecule has 1 N–H and O–H groups in total. The number of hydrogen-bond donors (Lipinski definition) is 1. The van der Waals surface area contributed by atoms with Crippen LogP contribution in [0.5, 0.6) is 5.75 Å². The van der Waals surface area contributed by atoms with Gasteiger partial charge in [-0.15, -0.1) is 24.9 Å². The van der Waals surface area contributed by atoms with Crippen LogP contribution in [-0.2, 0) is 14.4 Å². The summed E-state index contributed by atoms with van der Waals surface area (Å²) in [6.45, 7) is 15.2. The van der Waals surface area contributed by atoms with Crippen molar-refractivity contribution in [2.24, 2.45) is 11.8 Å². The van der Waals surface area contributed by atoms with E-state index in [-0.39, 0.29) is 41.0 Å². The molecule has 3 saturated heterocycles. The van der Waals surface area contributed by atoms with E-state index in [1.54, 1.807) is 38.6 Å². The number of ether oxygens (including phenoxy) is 1. The highest BCUT2D eigenvalue weighted by Crippen LogP contribution is 2.68. The van der Waals surface area contributed by atoms with E-state index in [2.05, 4.69) is 36.0 Å². The molecule has 3 aliphatic rings. The number of thioether (sulfide) groups is 1. The van der Waals surface area contributed by atoms with Gasteiger partial charge in [-0.2, -0.15) is 0 Å². The smallest absolute Gasteiger partial charge is 0.247 e. The number of hydrogen-bond acceptors (Lipinski definition) is 6. The van der Waals surface area contributed by atoms with Crippen molar-refractivity contribution in [3.05, 3.63) is 49.6 Å². The molecule has 42 heavy (non-hydrogen) atoms. The highest BCUT2D eigenvalue weighted by atomic mass is 79.9. The average Bonchev–Trinajstić information content (AvgIpc) is 3.58. The zero-order valence-electron chi connectivity index (χ0n) is 24.9. The van der Waals surface area contributed by atoms with Crippen molar-refractivity contribution < 1.29 is 24.2 Å². The lowest BCUT2D eigenvalue weighted by Crippen LogP contribution is -2.58. The van der Waals surface area contributed by atoms with Gasteiger partial charge in [0.1, 0.15) is 11.8 Å². The quantitative estimate of drug-likeness (QED) is 0.217. The maximum absolute atomic E-state index is 14.5. The maximum Gasteiger partial charge on any atom is 0.247 e. The maximum atomic E-state index is 14.5. The molecule has 10 heteroatoms. The lowest BCUT2D eigenvalue weighted by atomic mass is 9.70. The predicted molar refractivity (Wildman–Crippen MR) is 172 cm³/mol. The van der Waals surface area contributed by atoms with Crippen LogP contribution >= 0.6 is 27.7 Å². The molecule has 3 unspecified atom stereocenters. The van der Waals surface area contributed by atoms with E-state index in [1.165, 1.54) is 0 Å². The van der Waals surface area contributed by atoms with Gasteiger partial charge in [0, 0.05) is 35.4 Å². The first kappa shape index (κ1) is 32.6. The zero-order valence-corrected chi connectivity index (χ0v) is 27.3. The number of benzene rings is 1. The number of aliphatic hydroxyl groups is 1. The van der Waals surface area contributed by atoms with Crippen LogP contribution in [0, 0.1) is 11.8 Å². The Bertz CT molecular complexity index is 1160. The van der Waals surface area contributed by atoms with Crippen LogP contribution in [-0.4, -0.2) is 92.4 Å². The molecule has 0 radical (unpaired) electrons. The van der Waals surface area contributed by atoms with Gasteiger partial charge in [-0.25, -0.2) is 0 Å². The number of amides is 3. The second kappa shape index (κ2) is 14.0. The minimum atomic E-state index is -0.778. The van der Waals surface area contributed by atoms with Crippen molar-refractivity contribution in [1.82, 2.24) is 9.80 Å². The molecule has 0 aliphatic carbocycles. The molecule has 8 nitrogen and oxygen atoms in total. The molecule has 1 aromatic rings. The van der Waals surface area contributed by atoms with Gasteiger partial charge in [0.05, 0.1) is 35.8 Å². The Morgan fingerprint density at radius 1 is 1.19 bits per heavy atom. The van der Waals surface area contributed by atoms with Crippen LogP contribution in [0.2, 0.25) is 0 Å². The van der Waals surface area contributed by atoms with Crippen LogP contribution < -0.4 is 9.64 Å². The van der Waals surface area contributed by atoms with Gasteiger partial charge in [0.2, 0.25) is 17.7 Å². The van der Waals surface area contributed by atoms with Crippen LogP contribution in [0.25, 0.3) is 0 Å². The number of likely N-dealkylation sites (tertiary alicyclic amines) is 1. The lowest BCUT2D eigenvalue weighted by molar-refractivity contribution is -0.145. The largest absolute Gasteiger partial charge is 0.494 e. The Morgan fingerprint density at radius 2 is 1.88 bits per heavy atom. The molecule has 1 spiro atoms. The molecule has 7 atom stereocenters. The van der Waals surface area contributed by atoms with Crippen LogP contribution in [0.1, 0.15) is 46.5 Å². The second-order valence-electron chi connectivity index (χ2n) is 11.2. The van der Waals surface area contributed by atoms with Gasteiger partial charge in [0.25, 0.3) is 0 Å². The summed E-state index contributed by atoms with van der Waals surface area (Å²) in [4.78, 5) is 48.5. The Hall–Kier alpha value is -2.30. The summed E-state index contributed by atoms with van der Waals surface area (Å²) in [6.07, 6.45) is 6.27. The summed E-state index contributed by atoms with van der Waals surface area (Å²) in [5, 5.41) is 10.2. The van der Waals surface area contributed by atoms with Crippen molar-refractivity contribution in [3.63, 3.8) is 0 Å². The molecular weight excluding hydrogens is 618 g/mol. The van der Waals surface area contributed by atoms with E-state index in [4.69, 9.17) is 4.74 Å². The van der Waals surface area contributed by atoms with Crippen LogP contribution in [0.4, 0.5) is 5.69 Å². The number of rotatable bonds is 15. The number of nitrogens with zero attached hydrogens (tertiary/aromatic N) is 3. The van der Waals surface area contributed by atoms with E-state index >= 15 is 0 Å². The molecule has 230 valence electrons. The summed E-state index contributed by atoms with van der Waals surface area (Å²) in [5.74, 6) is -1.07. The molecule has 3 fully saturated rings. The monoisotopic (exact) mass is 661 g/mol. The molecule has 0 aromatic heterocycles. The third kappa shape index (κ3) is 5.66. The van der Waals surface area contributed by atoms with Gasteiger partial charge in [-0.3, -0.25) is 14.4 Å². The molecule has 2 bridgehead atoms. The zero-order chi connectivity index (χ0) is 30.6. The summed E-state index contributed by atoms with van der Waals surface area (Å²) in [7, 11) is 0. The Kier molecular flexibility index (Phi) is 10.9. The summed E-state index contributed by atoms with van der Waals surface area (Å²) in [6, 6.07) is 6.09. The molecule has 3 aliphatic heterocycles. The number of alkyl halides is 1. The fourth-order valence-electron chi connectivity index (χ4n) is 6.93. The standard InChI is InChI=1S/C32H44BrN3O5S/c1-6-11-18-34(16-7-2)31(40)28-32-19-24(33)27(42-32)25(26(32)30(39)36(28)21(9-4)20-37)29(38)35(17-8-3)22-12-14-23(15-13-22)41-10-5/h7-8,12-15,21,24-28,37H,2-3,6,9-11,16-20H2,1,4-5H3/t21-,24?,25+,26-,27+,28?,32?/m0/s1. The third-order valence-electron chi connectivity index (χ3n) is 8.80. The number of aliphatic hydroxyl groups excluding tert-OH is 1. The van der Waals surface area contributed by atoms with Gasteiger partial charge in [-0.05, 0) is 50.5 Å². The van der Waals surface area contributed by atoms with Crippen molar-refractivity contribution in [3.8, 4) is 5.75 Å². The van der Waals surface area contributed by atoms with E-state index in [0.29, 0.717) is 44.0 Å². The van der Waals surface area contributed by atoms with E-state index in [1.807, 2.05) is 38.1 Å². The minimum absolute atomic E-state index is 0.0423. The van der Waals surface area contributed by atoms with Gasteiger partial charge < -0.3 is 24.5 Å². The fraction of sp³-hybridized carbons (Fsp3) is 0.594. The van der Waals surface area contributed by atoms with Gasteiger partial charge in [0.15, 0.2) is 0 Å². The molecule has 3 amide bonds. The van der Waals surface area contributed by atoms with Crippen molar-refractivity contribution >= 4 is 51.1 Å². The number of unbranched alkanes of at least 4 members (excludes halogenated alkanes) is 1. The normalized spacial score (nSPS) is 28.4. The lowest BCUT2D eigenvalue weighted by Gasteiger charge is -2.40. The van der Waals surface area contributed by atoms with Crippen molar-refractivity contribution in [2.75, 3.05) is 37.7 Å². The topological polar surface area (TPSA) is 90.4 Å². The summed E-state index contributed by atoms with van der Waals surface area (Å²) in [5.41, 5.74) is 0.699. The summed E-state index contributed by atoms with van der Waals surface area (Å²) >= 11 is 5.47. The minimum Gasteiger partial charge on any atom is -0.494 e. The highest BCUT2D eigenvalue weighted by molar-refractivity contribution is 9.09. The van der Waals surface area contributed by atoms with Crippen molar-refractivity contribution in [1.29, 1.82) is 0 Å². The van der Waals surface area contributed by atoms with E-state index in [0.717, 1.165) is 12.8 Å². The molecule has 4 rings (SSSR count). The SMILES string of the molecule is C=CCN(CCCC)C(=O)C1N([C@@H](CC)CO)C(=O)[C@@H]2[C@@H](C(=O)N(CC=C)c3ccc(OCC)cc3)[C@@H]3SC12CC3Br. The van der Waals surface area contributed by atoms with Gasteiger partial charge >= 0.3 is 0 Å². The van der Waals surface area contributed by atoms with E-state index in [9.17, 15) is 19.5 Å². The predicted octanol–water partition coefficient (Wildman–Crippen LogP) is 4.65. The molecular formula is C32H44BrN3O5S.